The van der Waals surface area contributed by atoms with Crippen LogP contribution in [0.2, 0.25) is 0 Å². The van der Waals surface area contributed by atoms with Gasteiger partial charge < -0.3 is 0 Å². The predicted octanol–water partition coefficient (Wildman–Crippen LogP) is 5.09. The Kier molecular flexibility index (Phi) is 4.26. The Labute approximate surface area is 127 Å². The predicted molar refractivity (Wildman–Crippen MR) is 85.1 cm³/mol. The second-order valence-electron chi connectivity index (χ2n) is 7.02. The van der Waals surface area contributed by atoms with Gasteiger partial charge in [-0.25, -0.2) is 4.79 Å². The second-order valence-corrected chi connectivity index (χ2v) is 7.02. The van der Waals surface area contributed by atoms with Crippen molar-refractivity contribution in [3.05, 3.63) is 35.4 Å². The fourth-order valence-electron chi connectivity index (χ4n) is 4.19. The van der Waals surface area contributed by atoms with Crippen LogP contribution in [0.3, 0.4) is 0 Å². The molecule has 2 nitrogen and oxygen atoms in total. The molecule has 0 radical (unpaired) electrons. The average Bonchev–Trinajstić information content (AvgIpc) is 2.98. The Morgan fingerprint density at radius 1 is 1.14 bits per heavy atom. The van der Waals surface area contributed by atoms with Crippen molar-refractivity contribution in [2.75, 3.05) is 0 Å². The van der Waals surface area contributed by atoms with Gasteiger partial charge in [-0.15, -0.1) is 0 Å². The highest BCUT2D eigenvalue weighted by molar-refractivity contribution is 5.40. The van der Waals surface area contributed by atoms with Gasteiger partial charge in [0.2, 0.25) is 6.08 Å². The van der Waals surface area contributed by atoms with Crippen molar-refractivity contribution in [3.63, 3.8) is 0 Å². The summed E-state index contributed by atoms with van der Waals surface area (Å²) in [6, 6.07) is 8.90. The molecule has 0 atom stereocenters. The molecule has 0 N–H and O–H groups in total. The van der Waals surface area contributed by atoms with Gasteiger partial charge >= 0.3 is 0 Å². The summed E-state index contributed by atoms with van der Waals surface area (Å²) in [4.78, 5) is 15.1. The van der Waals surface area contributed by atoms with Gasteiger partial charge in [-0.05, 0) is 48.6 Å². The van der Waals surface area contributed by atoms with Gasteiger partial charge in [0.1, 0.15) is 0 Å². The SMILES string of the molecule is CC1CCC(c2cccc(C3(N=C=O)CCCC3)c2)CC1. The number of aliphatic imine (C=N–C) groups is 1. The molecule has 0 aliphatic heterocycles. The first kappa shape index (κ1) is 14.5. The Hall–Kier alpha value is -1.40. The van der Waals surface area contributed by atoms with Crippen LogP contribution >= 0.6 is 0 Å². The Morgan fingerprint density at radius 3 is 2.52 bits per heavy atom. The first-order chi connectivity index (χ1) is 10.2. The topological polar surface area (TPSA) is 29.4 Å². The zero-order valence-corrected chi connectivity index (χ0v) is 13.0. The molecule has 0 bridgehead atoms. The van der Waals surface area contributed by atoms with Crippen molar-refractivity contribution < 1.29 is 4.79 Å². The van der Waals surface area contributed by atoms with E-state index in [1.165, 1.54) is 36.8 Å². The van der Waals surface area contributed by atoms with E-state index in [0.29, 0.717) is 5.92 Å². The van der Waals surface area contributed by atoms with E-state index in [1.54, 1.807) is 0 Å². The van der Waals surface area contributed by atoms with Crippen LogP contribution in [0.4, 0.5) is 0 Å². The molecule has 2 fully saturated rings. The van der Waals surface area contributed by atoms with Gasteiger partial charge in [0, 0.05) is 0 Å². The van der Waals surface area contributed by atoms with Crippen molar-refractivity contribution in [1.29, 1.82) is 0 Å². The zero-order valence-electron chi connectivity index (χ0n) is 13.0. The van der Waals surface area contributed by atoms with Gasteiger partial charge in [-0.1, -0.05) is 56.9 Å². The number of benzene rings is 1. The van der Waals surface area contributed by atoms with Crippen LogP contribution in [0.25, 0.3) is 0 Å². The standard InChI is InChI=1S/C19H25NO/c1-15-7-9-16(10-8-15)17-5-4-6-18(13-17)19(20-14-21)11-2-3-12-19/h4-6,13,15-16H,2-3,7-12H2,1H3. The van der Waals surface area contributed by atoms with Crippen molar-refractivity contribution in [1.82, 2.24) is 0 Å². The zero-order chi connectivity index (χ0) is 14.7. The molecule has 0 unspecified atom stereocenters. The first-order valence-electron chi connectivity index (χ1n) is 8.43. The highest BCUT2D eigenvalue weighted by atomic mass is 16.1. The molecule has 2 aliphatic carbocycles. The van der Waals surface area contributed by atoms with Crippen molar-refractivity contribution >= 4 is 6.08 Å². The van der Waals surface area contributed by atoms with E-state index in [9.17, 15) is 4.79 Å². The summed E-state index contributed by atoms with van der Waals surface area (Å²) < 4.78 is 0. The lowest BCUT2D eigenvalue weighted by Crippen LogP contribution is -2.19. The van der Waals surface area contributed by atoms with E-state index in [-0.39, 0.29) is 5.54 Å². The molecule has 2 saturated carbocycles. The average molecular weight is 283 g/mol. The quantitative estimate of drug-likeness (QED) is 0.561. The maximum Gasteiger partial charge on any atom is 0.235 e. The molecule has 112 valence electrons. The van der Waals surface area contributed by atoms with Crippen molar-refractivity contribution in [2.45, 2.75) is 69.7 Å². The van der Waals surface area contributed by atoms with Crippen molar-refractivity contribution in [3.8, 4) is 0 Å². The summed E-state index contributed by atoms with van der Waals surface area (Å²) in [5.41, 5.74) is 2.41. The summed E-state index contributed by atoms with van der Waals surface area (Å²) in [5, 5.41) is 0. The molecule has 2 aliphatic rings. The van der Waals surface area contributed by atoms with Gasteiger partial charge in [-0.2, -0.15) is 4.99 Å². The normalized spacial score (nSPS) is 28.0. The minimum absolute atomic E-state index is 0.278. The molecule has 0 saturated heterocycles. The highest BCUT2D eigenvalue weighted by Crippen LogP contribution is 2.43. The van der Waals surface area contributed by atoms with E-state index in [0.717, 1.165) is 31.6 Å². The van der Waals surface area contributed by atoms with E-state index in [2.05, 4.69) is 36.2 Å². The molecular formula is C19H25NO. The summed E-state index contributed by atoms with van der Waals surface area (Å²) in [6.07, 6.45) is 11.4. The van der Waals surface area contributed by atoms with Crippen LogP contribution in [-0.2, 0) is 10.3 Å². The number of hydrogen-bond acceptors (Lipinski definition) is 2. The van der Waals surface area contributed by atoms with Crippen molar-refractivity contribution in [2.24, 2.45) is 10.9 Å². The van der Waals surface area contributed by atoms with E-state index < -0.39 is 0 Å². The fraction of sp³-hybridized carbons (Fsp3) is 0.632. The summed E-state index contributed by atoms with van der Waals surface area (Å²) in [5.74, 6) is 1.57. The van der Waals surface area contributed by atoms with E-state index in [4.69, 9.17) is 0 Å². The van der Waals surface area contributed by atoms with E-state index >= 15 is 0 Å². The number of rotatable bonds is 3. The molecule has 0 heterocycles. The molecule has 1 aromatic rings. The number of carbonyl (C=O) groups excluding carboxylic acids is 1. The lowest BCUT2D eigenvalue weighted by Gasteiger charge is -2.28. The number of hydrogen-bond donors (Lipinski definition) is 0. The van der Waals surface area contributed by atoms with Gasteiger partial charge in [-0.3, -0.25) is 0 Å². The number of nitrogens with zero attached hydrogens (tertiary/aromatic N) is 1. The fourth-order valence-corrected chi connectivity index (χ4v) is 4.19. The first-order valence-corrected chi connectivity index (χ1v) is 8.43. The second kappa shape index (κ2) is 6.15. The van der Waals surface area contributed by atoms with Crippen LogP contribution in [0, 0.1) is 5.92 Å². The number of isocyanates is 1. The van der Waals surface area contributed by atoms with Crippen LogP contribution in [-0.4, -0.2) is 6.08 Å². The van der Waals surface area contributed by atoms with Crippen LogP contribution < -0.4 is 0 Å². The Bertz CT molecular complexity index is 530. The van der Waals surface area contributed by atoms with Gasteiger partial charge in [0.15, 0.2) is 0 Å². The minimum Gasteiger partial charge on any atom is -0.211 e. The molecule has 2 heteroatoms. The molecule has 1 aromatic carbocycles. The lowest BCUT2D eigenvalue weighted by atomic mass is 9.78. The molecule has 0 spiro atoms. The highest BCUT2D eigenvalue weighted by Gasteiger charge is 2.36. The minimum atomic E-state index is -0.278. The molecule has 0 amide bonds. The molecule has 21 heavy (non-hydrogen) atoms. The van der Waals surface area contributed by atoms with Crippen LogP contribution in [0.15, 0.2) is 29.3 Å². The maximum absolute atomic E-state index is 10.9. The smallest absolute Gasteiger partial charge is 0.211 e. The summed E-state index contributed by atoms with van der Waals surface area (Å²) >= 11 is 0. The monoisotopic (exact) mass is 283 g/mol. The lowest BCUT2D eigenvalue weighted by molar-refractivity contribution is 0.347. The van der Waals surface area contributed by atoms with Crippen LogP contribution in [0.5, 0.6) is 0 Å². The largest absolute Gasteiger partial charge is 0.235 e. The van der Waals surface area contributed by atoms with E-state index in [1.807, 2.05) is 6.08 Å². The van der Waals surface area contributed by atoms with Crippen LogP contribution in [0.1, 0.15) is 75.3 Å². The Morgan fingerprint density at radius 2 is 1.86 bits per heavy atom. The third kappa shape index (κ3) is 2.96. The third-order valence-electron chi connectivity index (χ3n) is 5.60. The van der Waals surface area contributed by atoms with Gasteiger partial charge in [0.25, 0.3) is 0 Å². The maximum atomic E-state index is 10.9. The molecule has 0 aromatic heterocycles. The molecular weight excluding hydrogens is 258 g/mol. The van der Waals surface area contributed by atoms with Gasteiger partial charge in [0.05, 0.1) is 5.54 Å². The summed E-state index contributed by atoms with van der Waals surface area (Å²) in [7, 11) is 0. The third-order valence-corrected chi connectivity index (χ3v) is 5.60. The summed E-state index contributed by atoms with van der Waals surface area (Å²) in [6.45, 7) is 2.36. The Balaban J connectivity index is 1.87. The molecule has 3 rings (SSSR count).